The zero-order chi connectivity index (χ0) is 17.5. The number of rotatable bonds is 6. The van der Waals surface area contributed by atoms with Crippen LogP contribution in [0.5, 0.6) is 0 Å². The van der Waals surface area contributed by atoms with E-state index in [9.17, 15) is 14.0 Å². The lowest BCUT2D eigenvalue weighted by molar-refractivity contribution is -0.135. The Hall–Kier alpha value is -1.95. The average Bonchev–Trinajstić information content (AvgIpc) is 2.72. The number of benzene rings is 1. The van der Waals surface area contributed by atoms with Gasteiger partial charge < -0.3 is 15.1 Å². The number of hydrogen-bond donors (Lipinski definition) is 1. The van der Waals surface area contributed by atoms with Crippen molar-refractivity contribution in [2.24, 2.45) is 0 Å². The first-order chi connectivity index (χ1) is 11.5. The number of hydrogen-bond acceptors (Lipinski definition) is 3. The Bertz CT molecular complexity index is 577. The van der Waals surface area contributed by atoms with Crippen molar-refractivity contribution in [1.29, 1.82) is 0 Å². The summed E-state index contributed by atoms with van der Waals surface area (Å²) < 4.78 is 13.4. The smallest absolute Gasteiger partial charge is 0.239 e. The Balaban J connectivity index is 1.91. The van der Waals surface area contributed by atoms with Crippen molar-refractivity contribution in [3.05, 3.63) is 35.6 Å². The molecule has 1 unspecified atom stereocenters. The first-order valence-electron chi connectivity index (χ1n) is 8.43. The number of likely N-dealkylation sites (tertiary alicyclic amines) is 1. The summed E-state index contributed by atoms with van der Waals surface area (Å²) in [5, 5.41) is 2.87. The monoisotopic (exact) mass is 335 g/mol. The number of carbonyl (C=O) groups excluding carboxylic acids is 2. The van der Waals surface area contributed by atoms with E-state index in [1.807, 2.05) is 25.1 Å². The van der Waals surface area contributed by atoms with E-state index in [0.29, 0.717) is 19.5 Å². The molecule has 1 aromatic rings. The van der Waals surface area contributed by atoms with Gasteiger partial charge in [-0.25, -0.2) is 4.39 Å². The van der Waals surface area contributed by atoms with E-state index in [1.54, 1.807) is 11.0 Å². The van der Waals surface area contributed by atoms with Gasteiger partial charge in [-0.15, -0.1) is 0 Å². The number of likely N-dealkylation sites (N-methyl/N-ethyl adjacent to an activating group) is 1. The van der Waals surface area contributed by atoms with Crippen LogP contribution < -0.4 is 5.32 Å². The van der Waals surface area contributed by atoms with Gasteiger partial charge in [0.15, 0.2) is 0 Å². The van der Waals surface area contributed by atoms with Crippen molar-refractivity contribution in [3.63, 3.8) is 0 Å². The molecule has 2 rings (SSSR count). The molecule has 0 saturated carbocycles. The summed E-state index contributed by atoms with van der Waals surface area (Å²) in [6, 6.07) is 6.27. The number of carbonyl (C=O) groups is 2. The standard InChI is InChI=1S/C18H26FN3O2/c1-21(2)16(14-7-6-8-15(19)11-14)12-20-17(23)13-22-10-5-3-4-9-18(22)24/h6-8,11,16H,3-5,9-10,12-13H2,1-2H3,(H,20,23). The second-order valence-corrected chi connectivity index (χ2v) is 6.46. The van der Waals surface area contributed by atoms with Crippen LogP contribution in [0.4, 0.5) is 4.39 Å². The summed E-state index contributed by atoms with van der Waals surface area (Å²) in [7, 11) is 3.78. The van der Waals surface area contributed by atoms with Gasteiger partial charge in [-0.3, -0.25) is 9.59 Å². The van der Waals surface area contributed by atoms with E-state index in [1.165, 1.54) is 12.1 Å². The van der Waals surface area contributed by atoms with E-state index in [2.05, 4.69) is 5.32 Å². The second-order valence-electron chi connectivity index (χ2n) is 6.46. The molecule has 132 valence electrons. The summed E-state index contributed by atoms with van der Waals surface area (Å²) in [5.74, 6) is -0.411. The molecule has 1 saturated heterocycles. The van der Waals surface area contributed by atoms with Gasteiger partial charge in [0.05, 0.1) is 12.6 Å². The first-order valence-corrected chi connectivity index (χ1v) is 8.43. The first kappa shape index (κ1) is 18.4. The number of nitrogens with zero attached hydrogens (tertiary/aromatic N) is 2. The summed E-state index contributed by atoms with van der Waals surface area (Å²) in [4.78, 5) is 27.7. The predicted octanol–water partition coefficient (Wildman–Crippen LogP) is 1.95. The molecule has 0 bridgehead atoms. The zero-order valence-corrected chi connectivity index (χ0v) is 14.4. The van der Waals surface area contributed by atoms with Crippen molar-refractivity contribution in [3.8, 4) is 0 Å². The maximum Gasteiger partial charge on any atom is 0.239 e. The molecule has 0 spiro atoms. The van der Waals surface area contributed by atoms with Crippen molar-refractivity contribution < 1.29 is 14.0 Å². The molecule has 0 radical (unpaired) electrons. The van der Waals surface area contributed by atoms with E-state index < -0.39 is 0 Å². The lowest BCUT2D eigenvalue weighted by Gasteiger charge is -2.26. The highest BCUT2D eigenvalue weighted by Gasteiger charge is 2.20. The highest BCUT2D eigenvalue weighted by Crippen LogP contribution is 2.18. The Morgan fingerprint density at radius 3 is 2.83 bits per heavy atom. The molecule has 0 aromatic heterocycles. The van der Waals surface area contributed by atoms with Crippen molar-refractivity contribution in [2.45, 2.75) is 31.7 Å². The summed E-state index contributed by atoms with van der Waals surface area (Å²) in [6.45, 7) is 1.12. The van der Waals surface area contributed by atoms with Gasteiger partial charge in [-0.1, -0.05) is 18.6 Å². The lowest BCUT2D eigenvalue weighted by Crippen LogP contribution is -2.42. The molecule has 5 nitrogen and oxygen atoms in total. The van der Waals surface area contributed by atoms with E-state index in [4.69, 9.17) is 0 Å². The van der Waals surface area contributed by atoms with Crippen LogP contribution in [0.3, 0.4) is 0 Å². The number of halogens is 1. The topological polar surface area (TPSA) is 52.7 Å². The molecule has 1 aromatic carbocycles. The third-order valence-electron chi connectivity index (χ3n) is 4.36. The Morgan fingerprint density at radius 2 is 2.12 bits per heavy atom. The van der Waals surface area contributed by atoms with Gasteiger partial charge >= 0.3 is 0 Å². The van der Waals surface area contributed by atoms with Crippen LogP contribution in [-0.2, 0) is 9.59 Å². The highest BCUT2D eigenvalue weighted by atomic mass is 19.1. The predicted molar refractivity (Wildman–Crippen MR) is 90.9 cm³/mol. The molecule has 24 heavy (non-hydrogen) atoms. The fraction of sp³-hybridized carbons (Fsp3) is 0.556. The quantitative estimate of drug-likeness (QED) is 0.864. The lowest BCUT2D eigenvalue weighted by atomic mass is 10.1. The molecular weight excluding hydrogens is 309 g/mol. The maximum absolute atomic E-state index is 13.4. The molecule has 1 aliphatic rings. The number of amides is 2. The minimum Gasteiger partial charge on any atom is -0.353 e. The summed E-state index contributed by atoms with van der Waals surface area (Å²) >= 11 is 0. The van der Waals surface area contributed by atoms with Crippen LogP contribution in [0.2, 0.25) is 0 Å². The molecule has 1 aliphatic heterocycles. The minimum absolute atomic E-state index is 0.0527. The van der Waals surface area contributed by atoms with Crippen LogP contribution in [0.15, 0.2) is 24.3 Å². The third-order valence-corrected chi connectivity index (χ3v) is 4.36. The van der Waals surface area contributed by atoms with Gasteiger partial charge in [0.1, 0.15) is 5.82 Å². The fourth-order valence-corrected chi connectivity index (χ4v) is 2.96. The summed E-state index contributed by atoms with van der Waals surface area (Å²) in [6.07, 6.45) is 3.41. The second kappa shape index (κ2) is 8.78. The van der Waals surface area contributed by atoms with Crippen molar-refractivity contribution in [1.82, 2.24) is 15.1 Å². The Labute approximate surface area is 142 Å². The van der Waals surface area contributed by atoms with E-state index in [-0.39, 0.29) is 30.2 Å². The average molecular weight is 335 g/mol. The van der Waals surface area contributed by atoms with Crippen LogP contribution in [0, 0.1) is 5.82 Å². The maximum atomic E-state index is 13.4. The van der Waals surface area contributed by atoms with Crippen LogP contribution in [0.25, 0.3) is 0 Å². The van der Waals surface area contributed by atoms with Gasteiger partial charge in [-0.2, -0.15) is 0 Å². The molecule has 2 amide bonds. The van der Waals surface area contributed by atoms with Gasteiger partial charge in [0.25, 0.3) is 0 Å². The van der Waals surface area contributed by atoms with Gasteiger partial charge in [0.2, 0.25) is 11.8 Å². The Morgan fingerprint density at radius 1 is 1.33 bits per heavy atom. The molecular formula is C18H26FN3O2. The molecule has 1 heterocycles. The Kier molecular flexibility index (Phi) is 6.73. The van der Waals surface area contributed by atoms with Crippen molar-refractivity contribution in [2.75, 3.05) is 33.7 Å². The molecule has 1 fully saturated rings. The van der Waals surface area contributed by atoms with Crippen LogP contribution in [-0.4, -0.2) is 55.3 Å². The molecule has 1 N–H and O–H groups in total. The molecule has 6 heteroatoms. The molecule has 1 atom stereocenters. The van der Waals surface area contributed by atoms with Gasteiger partial charge in [-0.05, 0) is 44.6 Å². The van der Waals surface area contributed by atoms with Crippen LogP contribution in [0.1, 0.15) is 37.3 Å². The largest absolute Gasteiger partial charge is 0.353 e. The summed E-state index contributed by atoms with van der Waals surface area (Å²) in [5.41, 5.74) is 0.811. The third kappa shape index (κ3) is 5.30. The normalized spacial score (nSPS) is 16.8. The minimum atomic E-state index is -0.291. The SMILES string of the molecule is CN(C)C(CNC(=O)CN1CCCCCC1=O)c1cccc(F)c1. The van der Waals surface area contributed by atoms with Crippen LogP contribution >= 0.6 is 0 Å². The van der Waals surface area contributed by atoms with E-state index in [0.717, 1.165) is 24.8 Å². The van der Waals surface area contributed by atoms with Gasteiger partial charge in [0, 0.05) is 19.5 Å². The molecule has 0 aliphatic carbocycles. The highest BCUT2D eigenvalue weighted by molar-refractivity contribution is 5.84. The number of nitrogens with one attached hydrogen (secondary N) is 1. The van der Waals surface area contributed by atoms with Crippen molar-refractivity contribution >= 4 is 11.8 Å². The fourth-order valence-electron chi connectivity index (χ4n) is 2.96. The van der Waals surface area contributed by atoms with E-state index >= 15 is 0 Å². The zero-order valence-electron chi connectivity index (χ0n) is 14.4.